The predicted octanol–water partition coefficient (Wildman–Crippen LogP) is 2.39. The molecule has 3 heteroatoms. The van der Waals surface area contributed by atoms with Gasteiger partial charge in [0.25, 0.3) is 0 Å². The SMILES string of the molecule is O=C(Cc1ccc2c(c1)CCCC2)NCC1CCC(O)C1. The average molecular weight is 287 g/mol. The van der Waals surface area contributed by atoms with Crippen molar-refractivity contribution < 1.29 is 9.90 Å². The number of aliphatic hydroxyl groups excluding tert-OH is 1. The lowest BCUT2D eigenvalue weighted by atomic mass is 9.90. The van der Waals surface area contributed by atoms with Gasteiger partial charge < -0.3 is 10.4 Å². The minimum absolute atomic E-state index is 0.104. The van der Waals surface area contributed by atoms with Crippen LogP contribution < -0.4 is 5.32 Å². The van der Waals surface area contributed by atoms with Gasteiger partial charge in [0.05, 0.1) is 12.5 Å². The topological polar surface area (TPSA) is 49.3 Å². The molecule has 3 rings (SSSR count). The fourth-order valence-electron chi connectivity index (χ4n) is 3.64. The van der Waals surface area contributed by atoms with Crippen molar-refractivity contribution in [3.63, 3.8) is 0 Å². The number of aliphatic hydroxyl groups is 1. The molecule has 0 aliphatic heterocycles. The Morgan fingerprint density at radius 2 is 2.00 bits per heavy atom. The number of amides is 1. The summed E-state index contributed by atoms with van der Waals surface area (Å²) < 4.78 is 0. The maximum absolute atomic E-state index is 12.0. The largest absolute Gasteiger partial charge is 0.393 e. The van der Waals surface area contributed by atoms with Crippen molar-refractivity contribution in [2.45, 2.75) is 57.5 Å². The van der Waals surface area contributed by atoms with E-state index < -0.39 is 0 Å². The van der Waals surface area contributed by atoms with Gasteiger partial charge >= 0.3 is 0 Å². The average Bonchev–Trinajstić information content (AvgIpc) is 2.91. The molecule has 2 aliphatic carbocycles. The van der Waals surface area contributed by atoms with Crippen LogP contribution in [0.2, 0.25) is 0 Å². The highest BCUT2D eigenvalue weighted by molar-refractivity contribution is 5.78. The van der Waals surface area contributed by atoms with Crippen LogP contribution in [0, 0.1) is 5.92 Å². The van der Waals surface area contributed by atoms with Gasteiger partial charge in [0.1, 0.15) is 0 Å². The molecule has 0 bridgehead atoms. The van der Waals surface area contributed by atoms with Crippen LogP contribution in [0.5, 0.6) is 0 Å². The van der Waals surface area contributed by atoms with Crippen LogP contribution in [0.15, 0.2) is 18.2 Å². The van der Waals surface area contributed by atoms with Crippen LogP contribution in [0.4, 0.5) is 0 Å². The molecule has 1 fully saturated rings. The van der Waals surface area contributed by atoms with E-state index in [0.29, 0.717) is 18.9 Å². The summed E-state index contributed by atoms with van der Waals surface area (Å²) in [6.45, 7) is 0.709. The Hall–Kier alpha value is -1.35. The van der Waals surface area contributed by atoms with Crippen molar-refractivity contribution in [3.8, 4) is 0 Å². The van der Waals surface area contributed by atoms with E-state index in [1.54, 1.807) is 0 Å². The number of carbonyl (C=O) groups excluding carboxylic acids is 1. The first-order valence-corrected chi connectivity index (χ1v) is 8.26. The van der Waals surface area contributed by atoms with Crippen LogP contribution in [0.1, 0.15) is 48.8 Å². The van der Waals surface area contributed by atoms with E-state index in [1.165, 1.54) is 30.4 Å². The van der Waals surface area contributed by atoms with Gasteiger partial charge in [-0.15, -0.1) is 0 Å². The monoisotopic (exact) mass is 287 g/mol. The van der Waals surface area contributed by atoms with Crippen LogP contribution >= 0.6 is 0 Å². The van der Waals surface area contributed by atoms with Gasteiger partial charge in [-0.3, -0.25) is 4.79 Å². The zero-order valence-corrected chi connectivity index (χ0v) is 12.6. The Labute approximate surface area is 126 Å². The number of aryl methyl sites for hydroxylation is 2. The first-order chi connectivity index (χ1) is 10.2. The Morgan fingerprint density at radius 3 is 2.76 bits per heavy atom. The number of hydrogen-bond donors (Lipinski definition) is 2. The van der Waals surface area contributed by atoms with E-state index in [4.69, 9.17) is 0 Å². The first kappa shape index (κ1) is 14.6. The van der Waals surface area contributed by atoms with E-state index in [0.717, 1.165) is 31.2 Å². The highest BCUT2D eigenvalue weighted by Crippen LogP contribution is 2.25. The summed E-state index contributed by atoms with van der Waals surface area (Å²) in [7, 11) is 0. The lowest BCUT2D eigenvalue weighted by molar-refractivity contribution is -0.120. The molecule has 1 aromatic rings. The highest BCUT2D eigenvalue weighted by atomic mass is 16.3. The zero-order valence-electron chi connectivity index (χ0n) is 12.6. The number of nitrogens with one attached hydrogen (secondary N) is 1. The van der Waals surface area contributed by atoms with Crippen LogP contribution in [0.25, 0.3) is 0 Å². The minimum Gasteiger partial charge on any atom is -0.393 e. The molecule has 0 heterocycles. The highest BCUT2D eigenvalue weighted by Gasteiger charge is 2.22. The third kappa shape index (κ3) is 3.85. The summed E-state index contributed by atoms with van der Waals surface area (Å²) in [6, 6.07) is 6.51. The number of hydrogen-bond acceptors (Lipinski definition) is 2. The fourth-order valence-corrected chi connectivity index (χ4v) is 3.64. The maximum atomic E-state index is 12.0. The Bertz CT molecular complexity index is 512. The molecular weight excluding hydrogens is 262 g/mol. The number of benzene rings is 1. The van der Waals surface area contributed by atoms with E-state index >= 15 is 0 Å². The molecule has 21 heavy (non-hydrogen) atoms. The molecule has 1 saturated carbocycles. The van der Waals surface area contributed by atoms with E-state index in [-0.39, 0.29) is 12.0 Å². The maximum Gasteiger partial charge on any atom is 0.224 e. The molecule has 2 unspecified atom stereocenters. The van der Waals surface area contributed by atoms with Crippen molar-refractivity contribution in [1.82, 2.24) is 5.32 Å². The van der Waals surface area contributed by atoms with Crippen LogP contribution in [-0.4, -0.2) is 23.7 Å². The Kier molecular flexibility index (Phi) is 4.59. The Morgan fingerprint density at radius 1 is 1.19 bits per heavy atom. The fraction of sp³-hybridized carbons (Fsp3) is 0.611. The molecular formula is C18H25NO2. The van der Waals surface area contributed by atoms with Crippen molar-refractivity contribution in [2.75, 3.05) is 6.54 Å². The molecule has 2 N–H and O–H groups in total. The van der Waals surface area contributed by atoms with Crippen LogP contribution in [0.3, 0.4) is 0 Å². The van der Waals surface area contributed by atoms with Crippen molar-refractivity contribution in [2.24, 2.45) is 5.92 Å². The summed E-state index contributed by atoms with van der Waals surface area (Å²) in [5.74, 6) is 0.555. The molecule has 0 spiro atoms. The van der Waals surface area contributed by atoms with Gasteiger partial charge in [-0.2, -0.15) is 0 Å². The van der Waals surface area contributed by atoms with Gasteiger partial charge in [0.15, 0.2) is 0 Å². The second-order valence-corrected chi connectivity index (χ2v) is 6.62. The van der Waals surface area contributed by atoms with E-state index in [2.05, 4.69) is 23.5 Å². The van der Waals surface area contributed by atoms with Crippen molar-refractivity contribution in [1.29, 1.82) is 0 Å². The number of rotatable bonds is 4. The molecule has 2 atom stereocenters. The summed E-state index contributed by atoms with van der Waals surface area (Å²) >= 11 is 0. The van der Waals surface area contributed by atoms with Gasteiger partial charge in [0, 0.05) is 6.54 Å². The third-order valence-electron chi connectivity index (χ3n) is 4.88. The van der Waals surface area contributed by atoms with E-state index in [9.17, 15) is 9.90 Å². The van der Waals surface area contributed by atoms with E-state index in [1.807, 2.05) is 0 Å². The van der Waals surface area contributed by atoms with Gasteiger partial charge in [-0.05, 0) is 67.6 Å². The standard InChI is InChI=1S/C18H25NO2/c20-17-8-6-14(10-17)12-19-18(21)11-13-5-7-15-3-1-2-4-16(15)9-13/h5,7,9,14,17,20H,1-4,6,8,10-12H2,(H,19,21). The first-order valence-electron chi connectivity index (χ1n) is 8.26. The molecule has 0 radical (unpaired) electrons. The Balaban J connectivity index is 1.50. The molecule has 1 amide bonds. The molecule has 114 valence electrons. The molecule has 1 aromatic carbocycles. The summed E-state index contributed by atoms with van der Waals surface area (Å²) in [4.78, 5) is 12.0. The lowest BCUT2D eigenvalue weighted by Gasteiger charge is -2.16. The molecule has 2 aliphatic rings. The second kappa shape index (κ2) is 6.61. The minimum atomic E-state index is -0.160. The summed E-state index contributed by atoms with van der Waals surface area (Å²) in [6.07, 6.45) is 7.96. The van der Waals surface area contributed by atoms with Crippen molar-refractivity contribution >= 4 is 5.91 Å². The smallest absolute Gasteiger partial charge is 0.224 e. The molecule has 0 aromatic heterocycles. The van der Waals surface area contributed by atoms with Gasteiger partial charge in [0.2, 0.25) is 5.91 Å². The summed E-state index contributed by atoms with van der Waals surface area (Å²) in [5, 5.41) is 12.5. The zero-order chi connectivity index (χ0) is 14.7. The van der Waals surface area contributed by atoms with Crippen molar-refractivity contribution in [3.05, 3.63) is 34.9 Å². The molecule has 0 saturated heterocycles. The normalized spacial score (nSPS) is 24.6. The predicted molar refractivity (Wildman–Crippen MR) is 83.1 cm³/mol. The van der Waals surface area contributed by atoms with Gasteiger partial charge in [-0.25, -0.2) is 0 Å². The van der Waals surface area contributed by atoms with Gasteiger partial charge in [-0.1, -0.05) is 18.2 Å². The summed E-state index contributed by atoms with van der Waals surface area (Å²) in [5.41, 5.74) is 4.02. The molecule has 3 nitrogen and oxygen atoms in total. The quantitative estimate of drug-likeness (QED) is 0.893. The third-order valence-corrected chi connectivity index (χ3v) is 4.88. The van der Waals surface area contributed by atoms with Crippen LogP contribution in [-0.2, 0) is 24.1 Å². The number of fused-ring (bicyclic) bond motifs is 1. The number of carbonyl (C=O) groups is 1. The lowest BCUT2D eigenvalue weighted by Crippen LogP contribution is -2.30. The second-order valence-electron chi connectivity index (χ2n) is 6.62.